The lowest BCUT2D eigenvalue weighted by molar-refractivity contribution is -0.133. The molecule has 1 fully saturated rings. The Morgan fingerprint density at radius 1 is 1.10 bits per heavy atom. The van der Waals surface area contributed by atoms with Crippen molar-refractivity contribution >= 4 is 35.0 Å². The number of morpholine rings is 1. The zero-order valence-electron chi connectivity index (χ0n) is 22.9. The van der Waals surface area contributed by atoms with Crippen molar-refractivity contribution in [3.63, 3.8) is 0 Å². The minimum absolute atomic E-state index is 0.0553. The molecule has 41 heavy (non-hydrogen) atoms. The van der Waals surface area contributed by atoms with Crippen LogP contribution in [0.1, 0.15) is 17.5 Å². The number of nitrogens with one attached hydrogen (secondary N) is 4. The van der Waals surface area contributed by atoms with Crippen LogP contribution in [0.5, 0.6) is 0 Å². The third-order valence-corrected chi connectivity index (χ3v) is 7.04. The van der Waals surface area contributed by atoms with Crippen molar-refractivity contribution in [1.82, 2.24) is 20.9 Å². The number of ether oxygens (including phenoxy) is 1. The number of carbonyl (C=O) groups excluding carboxylic acids is 2. The largest absolute Gasteiger partial charge is 0.378 e. The molecule has 3 amide bonds. The maximum atomic E-state index is 12.9. The van der Waals surface area contributed by atoms with Gasteiger partial charge in [0.05, 0.1) is 25.4 Å². The number of aliphatic imine (C=N–C) groups is 1. The lowest BCUT2D eigenvalue weighted by atomic mass is 10.1. The van der Waals surface area contributed by atoms with Crippen LogP contribution in [0.2, 0.25) is 0 Å². The smallest absolute Gasteiger partial charge is 0.327 e. The number of fused-ring (bicyclic) bond motifs is 1. The van der Waals surface area contributed by atoms with Crippen LogP contribution in [0, 0.1) is 0 Å². The maximum Gasteiger partial charge on any atom is 0.327 e. The molecule has 5 rings (SSSR count). The van der Waals surface area contributed by atoms with Crippen molar-refractivity contribution in [1.29, 1.82) is 0 Å². The number of carbonyl (C=O) groups is 2. The van der Waals surface area contributed by atoms with Gasteiger partial charge >= 0.3 is 6.03 Å². The first-order chi connectivity index (χ1) is 20.0. The number of amides is 3. The number of anilines is 2. The molecule has 0 spiro atoms. The van der Waals surface area contributed by atoms with E-state index in [1.807, 2.05) is 65.7 Å². The zero-order valence-corrected chi connectivity index (χ0v) is 22.9. The van der Waals surface area contributed by atoms with Gasteiger partial charge in [0.2, 0.25) is 5.91 Å². The highest BCUT2D eigenvalue weighted by atomic mass is 16.5. The molecule has 12 nitrogen and oxygen atoms in total. The summed E-state index contributed by atoms with van der Waals surface area (Å²) >= 11 is 0. The molecular weight excluding hydrogens is 522 g/mol. The van der Waals surface area contributed by atoms with E-state index < -0.39 is 0 Å². The molecule has 2 aromatic carbocycles. The molecule has 3 aliphatic heterocycles. The third-order valence-electron chi connectivity index (χ3n) is 7.04. The van der Waals surface area contributed by atoms with Gasteiger partial charge in [-0.1, -0.05) is 24.3 Å². The van der Waals surface area contributed by atoms with Gasteiger partial charge in [0.1, 0.15) is 6.17 Å². The fourth-order valence-electron chi connectivity index (χ4n) is 4.84. The summed E-state index contributed by atoms with van der Waals surface area (Å²) in [4.78, 5) is 32.8. The molecule has 12 heteroatoms. The highest BCUT2D eigenvalue weighted by molar-refractivity contribution is 5.96. The first-order valence-corrected chi connectivity index (χ1v) is 13.8. The number of guanidine groups is 1. The standard InChI is InChI=1S/C29H37N9O3/c30-28(31)33-10-2-9-32-17-20-5-7-24(8-6-20)38-19-22-16-25(35-27(22)36-29(38)40)21-3-1-4-23(15-21)34-18-26(39)37-11-13-41-14-12-37/h1,3-8,15-16,19,27,32,34-35H,2,9-14,17-18H2,(H,36,40)(H4,30,31,33). The van der Waals surface area contributed by atoms with E-state index in [1.165, 1.54) is 0 Å². The van der Waals surface area contributed by atoms with Crippen molar-refractivity contribution in [2.75, 3.05) is 56.2 Å². The summed E-state index contributed by atoms with van der Waals surface area (Å²) in [6.45, 7) is 4.75. The third kappa shape index (κ3) is 7.35. The van der Waals surface area contributed by atoms with Gasteiger partial charge < -0.3 is 42.4 Å². The highest BCUT2D eigenvalue weighted by Crippen LogP contribution is 2.29. The monoisotopic (exact) mass is 559 g/mol. The van der Waals surface area contributed by atoms with Crippen molar-refractivity contribution in [3.8, 4) is 0 Å². The Morgan fingerprint density at radius 2 is 1.90 bits per heavy atom. The molecule has 3 heterocycles. The number of urea groups is 1. The molecule has 216 valence electrons. The molecule has 0 aliphatic carbocycles. The second kappa shape index (κ2) is 13.2. The van der Waals surface area contributed by atoms with Gasteiger partial charge in [-0.2, -0.15) is 0 Å². The van der Waals surface area contributed by atoms with Crippen molar-refractivity contribution in [2.24, 2.45) is 16.5 Å². The van der Waals surface area contributed by atoms with E-state index in [1.54, 1.807) is 4.90 Å². The number of nitrogens with zero attached hydrogens (tertiary/aromatic N) is 3. The van der Waals surface area contributed by atoms with Crippen LogP contribution in [0.15, 0.2) is 71.4 Å². The number of hydrogen-bond acceptors (Lipinski definition) is 7. The van der Waals surface area contributed by atoms with E-state index in [-0.39, 0.29) is 30.6 Å². The van der Waals surface area contributed by atoms with Gasteiger partial charge in [0.25, 0.3) is 0 Å². The molecule has 0 bridgehead atoms. The van der Waals surface area contributed by atoms with Gasteiger partial charge in [0.15, 0.2) is 5.96 Å². The first kappa shape index (κ1) is 28.0. The Balaban J connectivity index is 1.18. The molecule has 0 saturated carbocycles. The number of hydrogen-bond donors (Lipinski definition) is 6. The number of rotatable bonds is 11. The van der Waals surface area contributed by atoms with E-state index in [2.05, 4.69) is 26.3 Å². The molecule has 1 atom stereocenters. The van der Waals surface area contributed by atoms with Gasteiger partial charge in [0, 0.05) is 49.3 Å². The van der Waals surface area contributed by atoms with E-state index in [0.717, 1.165) is 46.7 Å². The Morgan fingerprint density at radius 3 is 2.68 bits per heavy atom. The summed E-state index contributed by atoms with van der Waals surface area (Å²) < 4.78 is 5.32. The zero-order chi connectivity index (χ0) is 28.6. The SMILES string of the molecule is NC(N)=NCCCNCc1ccc(N2C=C3C=C(c4cccc(NCC(=O)N5CCOCC5)c4)NC3NC2=O)cc1. The van der Waals surface area contributed by atoms with Gasteiger partial charge in [-0.3, -0.25) is 14.7 Å². The highest BCUT2D eigenvalue weighted by Gasteiger charge is 2.31. The minimum Gasteiger partial charge on any atom is -0.378 e. The Hall–Kier alpha value is -4.55. The van der Waals surface area contributed by atoms with Crippen molar-refractivity contribution < 1.29 is 14.3 Å². The van der Waals surface area contributed by atoms with E-state index in [0.29, 0.717) is 39.4 Å². The van der Waals surface area contributed by atoms with Crippen LogP contribution in [0.25, 0.3) is 5.70 Å². The molecule has 1 saturated heterocycles. The fraction of sp³-hybridized carbons (Fsp3) is 0.345. The van der Waals surface area contributed by atoms with Crippen LogP contribution < -0.4 is 37.6 Å². The molecule has 3 aliphatic rings. The minimum atomic E-state index is -0.310. The average molecular weight is 560 g/mol. The predicted octanol–water partition coefficient (Wildman–Crippen LogP) is 1.09. The normalized spacial score (nSPS) is 18.0. The first-order valence-electron chi connectivity index (χ1n) is 13.8. The second-order valence-electron chi connectivity index (χ2n) is 10.0. The molecule has 2 aromatic rings. The summed E-state index contributed by atoms with van der Waals surface area (Å²) in [6.07, 6.45) is 4.44. The predicted molar refractivity (Wildman–Crippen MR) is 160 cm³/mol. The van der Waals surface area contributed by atoms with Crippen LogP contribution in [0.3, 0.4) is 0 Å². The molecular formula is C29H37N9O3. The van der Waals surface area contributed by atoms with E-state index in [9.17, 15) is 9.59 Å². The molecule has 0 aromatic heterocycles. The van der Waals surface area contributed by atoms with Crippen LogP contribution >= 0.6 is 0 Å². The number of nitrogens with two attached hydrogens (primary N) is 2. The molecule has 1 unspecified atom stereocenters. The lowest BCUT2D eigenvalue weighted by Crippen LogP contribution is -2.51. The summed E-state index contributed by atoms with van der Waals surface area (Å²) in [5, 5.41) is 13.0. The average Bonchev–Trinajstić information content (AvgIpc) is 3.41. The van der Waals surface area contributed by atoms with Gasteiger partial charge in [-0.05, 0) is 54.4 Å². The Kier molecular flexibility index (Phi) is 9.02. The summed E-state index contributed by atoms with van der Waals surface area (Å²) in [5.41, 5.74) is 16.2. The lowest BCUT2D eigenvalue weighted by Gasteiger charge is -2.29. The van der Waals surface area contributed by atoms with Crippen molar-refractivity contribution in [2.45, 2.75) is 19.1 Å². The van der Waals surface area contributed by atoms with Crippen LogP contribution in [-0.4, -0.2) is 74.9 Å². The maximum absolute atomic E-state index is 12.9. The number of benzene rings is 2. The Labute approximate surface area is 239 Å². The van der Waals surface area contributed by atoms with Gasteiger partial charge in [-0.25, -0.2) is 4.79 Å². The van der Waals surface area contributed by atoms with Crippen molar-refractivity contribution in [3.05, 3.63) is 77.5 Å². The molecule has 8 N–H and O–H groups in total. The van der Waals surface area contributed by atoms with E-state index >= 15 is 0 Å². The molecule has 0 radical (unpaired) electrons. The summed E-state index contributed by atoms with van der Waals surface area (Å²) in [6, 6.07) is 15.6. The Bertz CT molecular complexity index is 1330. The fourth-order valence-corrected chi connectivity index (χ4v) is 4.84. The van der Waals surface area contributed by atoms with Crippen LogP contribution in [-0.2, 0) is 16.1 Å². The van der Waals surface area contributed by atoms with E-state index in [4.69, 9.17) is 16.2 Å². The quantitative estimate of drug-likeness (QED) is 0.135. The van der Waals surface area contributed by atoms with Gasteiger partial charge in [-0.15, -0.1) is 0 Å². The summed E-state index contributed by atoms with van der Waals surface area (Å²) in [7, 11) is 0. The van der Waals surface area contributed by atoms with Crippen LogP contribution in [0.4, 0.5) is 16.2 Å². The summed E-state index contributed by atoms with van der Waals surface area (Å²) in [5.74, 6) is 0.166. The topological polar surface area (TPSA) is 162 Å². The second-order valence-corrected chi connectivity index (χ2v) is 10.0.